The van der Waals surface area contributed by atoms with Crippen molar-refractivity contribution in [3.63, 3.8) is 0 Å². The molecule has 0 amide bonds. The lowest BCUT2D eigenvalue weighted by atomic mass is 10.1. The van der Waals surface area contributed by atoms with Gasteiger partial charge in [-0.15, -0.1) is 0 Å². The molecule has 0 aromatic heterocycles. The van der Waals surface area contributed by atoms with Gasteiger partial charge < -0.3 is 15.2 Å². The number of rotatable bonds is 6. The van der Waals surface area contributed by atoms with Gasteiger partial charge in [-0.3, -0.25) is 0 Å². The lowest BCUT2D eigenvalue weighted by molar-refractivity contribution is 0.0849. The van der Waals surface area contributed by atoms with Crippen molar-refractivity contribution in [2.75, 3.05) is 26.9 Å². The third-order valence-corrected chi connectivity index (χ3v) is 1.29. The van der Waals surface area contributed by atoms with Crippen molar-refractivity contribution < 1.29 is 9.47 Å². The molecule has 0 saturated heterocycles. The zero-order valence-electron chi connectivity index (χ0n) is 7.67. The number of nitrogens with two attached hydrogens (primary N) is 1. The van der Waals surface area contributed by atoms with E-state index in [0.717, 1.165) is 6.42 Å². The number of ether oxygens (including phenoxy) is 2. The Hall–Kier alpha value is -0.630. The molecule has 0 saturated carbocycles. The molecule has 12 heavy (non-hydrogen) atoms. The smallest absolute Gasteiger partial charge is 0.124 e. The second kappa shape index (κ2) is 5.95. The summed E-state index contributed by atoms with van der Waals surface area (Å²) in [5.74, 6) is 0. The van der Waals surface area contributed by atoms with E-state index in [9.17, 15) is 0 Å². The van der Waals surface area contributed by atoms with Crippen LogP contribution in [0.3, 0.4) is 0 Å². The molecule has 0 aromatic rings. The van der Waals surface area contributed by atoms with Crippen LogP contribution in [0, 0.1) is 11.3 Å². The van der Waals surface area contributed by atoms with Gasteiger partial charge in [-0.2, -0.15) is 5.26 Å². The molecule has 0 aliphatic heterocycles. The molecule has 0 aromatic carbocycles. The van der Waals surface area contributed by atoms with E-state index in [0.29, 0.717) is 13.2 Å². The zero-order chi connectivity index (χ0) is 9.45. The van der Waals surface area contributed by atoms with Crippen LogP contribution in [0.15, 0.2) is 0 Å². The summed E-state index contributed by atoms with van der Waals surface area (Å²) in [7, 11) is 1.64. The third kappa shape index (κ3) is 6.10. The molecule has 0 heterocycles. The first kappa shape index (κ1) is 11.4. The molecule has 1 unspecified atom stereocenters. The second-order valence-corrected chi connectivity index (χ2v) is 2.93. The summed E-state index contributed by atoms with van der Waals surface area (Å²) >= 11 is 0. The molecular weight excluding hydrogens is 156 g/mol. The van der Waals surface area contributed by atoms with Gasteiger partial charge in [0.15, 0.2) is 0 Å². The minimum atomic E-state index is -0.868. The van der Waals surface area contributed by atoms with Gasteiger partial charge in [0, 0.05) is 20.3 Å². The van der Waals surface area contributed by atoms with Crippen LogP contribution in [0.2, 0.25) is 0 Å². The van der Waals surface area contributed by atoms with Crippen LogP contribution >= 0.6 is 0 Å². The lowest BCUT2D eigenvalue weighted by Gasteiger charge is -2.14. The Bertz CT molecular complexity index is 152. The molecule has 4 heteroatoms. The summed E-state index contributed by atoms with van der Waals surface area (Å²) in [5, 5.41) is 8.52. The monoisotopic (exact) mass is 172 g/mol. The van der Waals surface area contributed by atoms with Crippen LogP contribution in [0.4, 0.5) is 0 Å². The zero-order valence-corrected chi connectivity index (χ0v) is 7.67. The van der Waals surface area contributed by atoms with Gasteiger partial charge in [-0.05, 0) is 13.3 Å². The maximum absolute atomic E-state index is 8.52. The fourth-order valence-electron chi connectivity index (χ4n) is 0.622. The van der Waals surface area contributed by atoms with E-state index in [-0.39, 0.29) is 6.61 Å². The molecule has 70 valence electrons. The van der Waals surface area contributed by atoms with Crippen LogP contribution in [0.1, 0.15) is 13.3 Å². The minimum absolute atomic E-state index is 0.271. The minimum Gasteiger partial charge on any atom is -0.385 e. The Balaban J connectivity index is 3.27. The van der Waals surface area contributed by atoms with Crippen molar-refractivity contribution >= 4 is 0 Å². The quantitative estimate of drug-likeness (QED) is 0.584. The second-order valence-electron chi connectivity index (χ2n) is 2.93. The van der Waals surface area contributed by atoms with Crippen molar-refractivity contribution in [2.24, 2.45) is 5.73 Å². The highest BCUT2D eigenvalue weighted by Gasteiger charge is 2.16. The molecule has 0 radical (unpaired) electrons. The van der Waals surface area contributed by atoms with Gasteiger partial charge in [-0.1, -0.05) is 0 Å². The molecule has 4 nitrogen and oxygen atoms in total. The standard InChI is InChI=1S/C8H16N2O2/c1-8(10,6-9)7-12-5-3-4-11-2/h3-5,7,10H2,1-2H3. The number of hydrogen-bond donors (Lipinski definition) is 1. The highest BCUT2D eigenvalue weighted by Crippen LogP contribution is 1.97. The van der Waals surface area contributed by atoms with Gasteiger partial charge in [-0.25, -0.2) is 0 Å². The molecule has 2 N–H and O–H groups in total. The topological polar surface area (TPSA) is 68.3 Å². The fourth-order valence-corrected chi connectivity index (χ4v) is 0.622. The van der Waals surface area contributed by atoms with Crippen molar-refractivity contribution in [3.8, 4) is 6.07 Å². The van der Waals surface area contributed by atoms with Crippen molar-refractivity contribution in [1.82, 2.24) is 0 Å². The number of nitrogens with zero attached hydrogens (tertiary/aromatic N) is 1. The van der Waals surface area contributed by atoms with Crippen molar-refractivity contribution in [2.45, 2.75) is 18.9 Å². The van der Waals surface area contributed by atoms with Crippen LogP contribution in [0.25, 0.3) is 0 Å². The van der Waals surface area contributed by atoms with Crippen LogP contribution in [-0.4, -0.2) is 32.5 Å². The molecule has 0 rings (SSSR count). The van der Waals surface area contributed by atoms with Gasteiger partial charge in [0.25, 0.3) is 0 Å². The maximum Gasteiger partial charge on any atom is 0.124 e. The molecule has 0 spiro atoms. The predicted molar refractivity (Wildman–Crippen MR) is 45.5 cm³/mol. The Kier molecular flexibility index (Phi) is 5.64. The summed E-state index contributed by atoms with van der Waals surface area (Å²) in [6.07, 6.45) is 0.831. The molecule has 0 bridgehead atoms. The summed E-state index contributed by atoms with van der Waals surface area (Å²) in [4.78, 5) is 0. The van der Waals surface area contributed by atoms with Crippen LogP contribution in [-0.2, 0) is 9.47 Å². The summed E-state index contributed by atoms with van der Waals surface area (Å²) in [6.45, 7) is 3.17. The average molecular weight is 172 g/mol. The van der Waals surface area contributed by atoms with Gasteiger partial charge in [0.1, 0.15) is 5.54 Å². The first-order valence-electron chi connectivity index (χ1n) is 3.89. The Labute approximate surface area is 73.3 Å². The van der Waals surface area contributed by atoms with Crippen LogP contribution < -0.4 is 5.73 Å². The first-order valence-corrected chi connectivity index (χ1v) is 3.89. The average Bonchev–Trinajstić information content (AvgIpc) is 2.04. The van der Waals surface area contributed by atoms with Crippen LogP contribution in [0.5, 0.6) is 0 Å². The SMILES string of the molecule is COCCCOCC(C)(N)C#N. The van der Waals surface area contributed by atoms with Gasteiger partial charge in [0.05, 0.1) is 12.7 Å². The van der Waals surface area contributed by atoms with Gasteiger partial charge >= 0.3 is 0 Å². The Morgan fingerprint density at radius 2 is 2.17 bits per heavy atom. The van der Waals surface area contributed by atoms with Gasteiger partial charge in [0.2, 0.25) is 0 Å². The summed E-state index contributed by atoms with van der Waals surface area (Å²) in [6, 6.07) is 1.95. The Morgan fingerprint density at radius 3 is 2.67 bits per heavy atom. The highest BCUT2D eigenvalue weighted by atomic mass is 16.5. The van der Waals surface area contributed by atoms with E-state index in [1.807, 2.05) is 6.07 Å². The number of methoxy groups -OCH3 is 1. The van der Waals surface area contributed by atoms with E-state index in [1.165, 1.54) is 0 Å². The van der Waals surface area contributed by atoms with E-state index in [1.54, 1.807) is 14.0 Å². The van der Waals surface area contributed by atoms with E-state index >= 15 is 0 Å². The Morgan fingerprint density at radius 1 is 1.50 bits per heavy atom. The third-order valence-electron chi connectivity index (χ3n) is 1.29. The maximum atomic E-state index is 8.52. The molecule has 1 atom stereocenters. The number of hydrogen-bond acceptors (Lipinski definition) is 4. The highest BCUT2D eigenvalue weighted by molar-refractivity contribution is 5.00. The summed E-state index contributed by atoms with van der Waals surface area (Å²) in [5.41, 5.74) is 4.65. The molecule has 0 aliphatic rings. The molecular formula is C8H16N2O2. The molecule has 0 aliphatic carbocycles. The van der Waals surface area contributed by atoms with E-state index in [4.69, 9.17) is 20.5 Å². The number of nitriles is 1. The largest absolute Gasteiger partial charge is 0.385 e. The normalized spacial score (nSPS) is 15.2. The first-order chi connectivity index (χ1) is 5.62. The van der Waals surface area contributed by atoms with Crippen molar-refractivity contribution in [3.05, 3.63) is 0 Å². The van der Waals surface area contributed by atoms with E-state index < -0.39 is 5.54 Å². The van der Waals surface area contributed by atoms with E-state index in [2.05, 4.69) is 0 Å². The fraction of sp³-hybridized carbons (Fsp3) is 0.875. The summed E-state index contributed by atoms with van der Waals surface area (Å²) < 4.78 is 9.99. The lowest BCUT2D eigenvalue weighted by Crippen LogP contribution is -2.39. The molecule has 0 fully saturated rings. The van der Waals surface area contributed by atoms with Crippen molar-refractivity contribution in [1.29, 1.82) is 5.26 Å². The predicted octanol–water partition coefficient (Wildman–Crippen LogP) is 0.280.